The summed E-state index contributed by atoms with van der Waals surface area (Å²) in [5.41, 5.74) is 1.36. The van der Waals surface area contributed by atoms with E-state index in [9.17, 15) is 5.11 Å². The zero-order valence-electron chi connectivity index (χ0n) is 10.7. The quantitative estimate of drug-likeness (QED) is 0.878. The van der Waals surface area contributed by atoms with Crippen LogP contribution in [0.15, 0.2) is 48.5 Å². The van der Waals surface area contributed by atoms with Crippen LogP contribution in [-0.2, 0) is 12.8 Å². The average molecular weight is 295 g/mol. The van der Waals surface area contributed by atoms with Gasteiger partial charge in [-0.3, -0.25) is 0 Å². The Kier molecular flexibility index (Phi) is 4.51. The molecule has 3 heteroatoms. The molecule has 100 valence electrons. The van der Waals surface area contributed by atoms with E-state index in [2.05, 4.69) is 0 Å². The molecule has 2 rings (SSSR count). The summed E-state index contributed by atoms with van der Waals surface area (Å²) in [6, 6.07) is 15.1. The molecule has 0 aliphatic carbocycles. The highest BCUT2D eigenvalue weighted by atomic mass is 35.5. The van der Waals surface area contributed by atoms with Gasteiger partial charge in [-0.05, 0) is 42.3 Å². The van der Waals surface area contributed by atoms with Crippen LogP contribution in [0.3, 0.4) is 0 Å². The SMILES string of the molecule is CC(O)(Cc1ccc(Cl)cc1)Cc1ccc(Cl)cc1. The fourth-order valence-corrected chi connectivity index (χ4v) is 2.40. The monoisotopic (exact) mass is 294 g/mol. The molecule has 0 radical (unpaired) electrons. The van der Waals surface area contributed by atoms with Crippen molar-refractivity contribution < 1.29 is 5.11 Å². The Labute approximate surface area is 123 Å². The molecule has 0 fully saturated rings. The van der Waals surface area contributed by atoms with Crippen molar-refractivity contribution in [2.24, 2.45) is 0 Å². The van der Waals surface area contributed by atoms with Crippen molar-refractivity contribution in [1.29, 1.82) is 0 Å². The van der Waals surface area contributed by atoms with Crippen LogP contribution in [0, 0.1) is 0 Å². The third-order valence-electron chi connectivity index (χ3n) is 3.00. The van der Waals surface area contributed by atoms with Crippen LogP contribution in [0.2, 0.25) is 10.0 Å². The summed E-state index contributed by atoms with van der Waals surface area (Å²) in [7, 11) is 0. The second kappa shape index (κ2) is 5.96. The molecule has 2 aromatic carbocycles. The molecule has 0 aliphatic rings. The van der Waals surface area contributed by atoms with Gasteiger partial charge in [0.05, 0.1) is 5.60 Å². The van der Waals surface area contributed by atoms with Crippen molar-refractivity contribution in [2.75, 3.05) is 0 Å². The summed E-state index contributed by atoms with van der Waals surface area (Å²) >= 11 is 11.7. The fourth-order valence-electron chi connectivity index (χ4n) is 2.15. The summed E-state index contributed by atoms with van der Waals surface area (Å²) in [5.74, 6) is 0. The fraction of sp³-hybridized carbons (Fsp3) is 0.250. The van der Waals surface area contributed by atoms with E-state index in [0.29, 0.717) is 22.9 Å². The number of hydrogen-bond acceptors (Lipinski definition) is 1. The molecule has 0 aliphatic heterocycles. The maximum Gasteiger partial charge on any atom is 0.0700 e. The van der Waals surface area contributed by atoms with E-state index in [4.69, 9.17) is 23.2 Å². The van der Waals surface area contributed by atoms with Crippen LogP contribution in [-0.4, -0.2) is 10.7 Å². The van der Waals surface area contributed by atoms with Gasteiger partial charge >= 0.3 is 0 Å². The zero-order chi connectivity index (χ0) is 13.9. The number of benzene rings is 2. The van der Waals surface area contributed by atoms with Crippen molar-refractivity contribution in [1.82, 2.24) is 0 Å². The molecule has 1 nitrogen and oxygen atoms in total. The van der Waals surface area contributed by atoms with Crippen molar-refractivity contribution in [3.05, 3.63) is 69.7 Å². The first-order valence-corrected chi connectivity index (χ1v) is 6.91. The van der Waals surface area contributed by atoms with Gasteiger partial charge in [0, 0.05) is 22.9 Å². The number of hydrogen-bond donors (Lipinski definition) is 1. The smallest absolute Gasteiger partial charge is 0.0700 e. The topological polar surface area (TPSA) is 20.2 Å². The van der Waals surface area contributed by atoms with Crippen LogP contribution >= 0.6 is 23.2 Å². The van der Waals surface area contributed by atoms with Gasteiger partial charge in [0.2, 0.25) is 0 Å². The maximum atomic E-state index is 10.5. The Hall–Kier alpha value is -1.02. The van der Waals surface area contributed by atoms with Gasteiger partial charge in [-0.25, -0.2) is 0 Å². The first kappa shape index (κ1) is 14.4. The second-order valence-corrected chi connectivity index (χ2v) is 5.98. The summed E-state index contributed by atoms with van der Waals surface area (Å²) in [6.45, 7) is 1.84. The first-order valence-electron chi connectivity index (χ1n) is 6.16. The molecule has 0 atom stereocenters. The lowest BCUT2D eigenvalue weighted by atomic mass is 9.90. The van der Waals surface area contributed by atoms with E-state index in [1.165, 1.54) is 0 Å². The van der Waals surface area contributed by atoms with Crippen LogP contribution in [0.1, 0.15) is 18.1 Å². The normalized spacial score (nSPS) is 11.6. The van der Waals surface area contributed by atoms with E-state index in [1.54, 1.807) is 0 Å². The molecule has 0 unspecified atom stereocenters. The van der Waals surface area contributed by atoms with E-state index < -0.39 is 5.60 Å². The van der Waals surface area contributed by atoms with Crippen LogP contribution in [0.5, 0.6) is 0 Å². The molecular weight excluding hydrogens is 279 g/mol. The molecule has 0 spiro atoms. The summed E-state index contributed by atoms with van der Waals surface area (Å²) < 4.78 is 0. The van der Waals surface area contributed by atoms with Crippen LogP contribution < -0.4 is 0 Å². The van der Waals surface area contributed by atoms with Gasteiger partial charge in [-0.1, -0.05) is 47.5 Å². The highest BCUT2D eigenvalue weighted by Gasteiger charge is 2.21. The van der Waals surface area contributed by atoms with Gasteiger partial charge in [-0.2, -0.15) is 0 Å². The van der Waals surface area contributed by atoms with E-state index in [1.807, 2.05) is 55.5 Å². The Bertz CT molecular complexity index is 480. The third-order valence-corrected chi connectivity index (χ3v) is 3.50. The first-order chi connectivity index (χ1) is 8.94. The van der Waals surface area contributed by atoms with Crippen molar-refractivity contribution in [3.63, 3.8) is 0 Å². The Balaban J connectivity index is 2.05. The van der Waals surface area contributed by atoms with E-state index in [0.717, 1.165) is 11.1 Å². The lowest BCUT2D eigenvalue weighted by Gasteiger charge is -2.23. The van der Waals surface area contributed by atoms with Crippen molar-refractivity contribution in [3.8, 4) is 0 Å². The predicted octanol–water partition coefficient (Wildman–Crippen LogP) is 4.53. The predicted molar refractivity (Wildman–Crippen MR) is 80.9 cm³/mol. The van der Waals surface area contributed by atoms with E-state index in [-0.39, 0.29) is 0 Å². The van der Waals surface area contributed by atoms with Crippen molar-refractivity contribution >= 4 is 23.2 Å². The lowest BCUT2D eigenvalue weighted by molar-refractivity contribution is 0.0608. The molecule has 0 saturated carbocycles. The van der Waals surface area contributed by atoms with Gasteiger partial charge in [0.1, 0.15) is 0 Å². The second-order valence-electron chi connectivity index (χ2n) is 5.10. The van der Waals surface area contributed by atoms with Crippen molar-refractivity contribution in [2.45, 2.75) is 25.4 Å². The Morgan fingerprint density at radius 2 is 1.11 bits per heavy atom. The molecule has 19 heavy (non-hydrogen) atoms. The Morgan fingerprint density at radius 3 is 1.42 bits per heavy atom. The molecule has 2 aromatic rings. The van der Waals surface area contributed by atoms with Gasteiger partial charge in [-0.15, -0.1) is 0 Å². The maximum absolute atomic E-state index is 10.5. The standard InChI is InChI=1S/C16H16Cl2O/c1-16(19,10-12-2-6-14(17)7-3-12)11-13-4-8-15(18)9-5-13/h2-9,19H,10-11H2,1H3. The summed E-state index contributed by atoms with van der Waals surface area (Å²) in [5, 5.41) is 11.9. The highest BCUT2D eigenvalue weighted by molar-refractivity contribution is 6.30. The third kappa shape index (κ3) is 4.54. The molecule has 0 bridgehead atoms. The molecule has 0 saturated heterocycles. The zero-order valence-corrected chi connectivity index (χ0v) is 12.2. The van der Waals surface area contributed by atoms with Crippen LogP contribution in [0.25, 0.3) is 0 Å². The highest BCUT2D eigenvalue weighted by Crippen LogP contribution is 2.21. The minimum absolute atomic E-state index is 0.590. The average Bonchev–Trinajstić information content (AvgIpc) is 2.34. The van der Waals surface area contributed by atoms with Gasteiger partial charge in [0.15, 0.2) is 0 Å². The molecule has 0 amide bonds. The lowest BCUT2D eigenvalue weighted by Crippen LogP contribution is -2.30. The van der Waals surface area contributed by atoms with Crippen LogP contribution in [0.4, 0.5) is 0 Å². The molecule has 0 heterocycles. The number of halogens is 2. The molecular formula is C16H16Cl2O. The van der Waals surface area contributed by atoms with Gasteiger partial charge in [0.25, 0.3) is 0 Å². The molecule has 0 aromatic heterocycles. The minimum Gasteiger partial charge on any atom is -0.389 e. The summed E-state index contributed by atoms with van der Waals surface area (Å²) in [4.78, 5) is 0. The minimum atomic E-state index is -0.790. The Morgan fingerprint density at radius 1 is 0.789 bits per heavy atom. The number of rotatable bonds is 4. The largest absolute Gasteiger partial charge is 0.389 e. The van der Waals surface area contributed by atoms with E-state index >= 15 is 0 Å². The summed E-state index contributed by atoms with van der Waals surface area (Å²) in [6.07, 6.45) is 1.18. The molecule has 1 N–H and O–H groups in total. The van der Waals surface area contributed by atoms with Gasteiger partial charge < -0.3 is 5.11 Å². The number of aliphatic hydroxyl groups is 1.